The molecule has 0 unspecified atom stereocenters. The number of allylic oxidation sites excluding steroid dienone is 1. The molecule has 0 amide bonds. The predicted molar refractivity (Wildman–Crippen MR) is 67.0 cm³/mol. The maximum atomic E-state index is 5.22. The van der Waals surface area contributed by atoms with Crippen molar-refractivity contribution in [1.82, 2.24) is 0 Å². The van der Waals surface area contributed by atoms with Crippen molar-refractivity contribution in [2.45, 2.75) is 6.42 Å². The van der Waals surface area contributed by atoms with Crippen LogP contribution < -0.4 is 9.47 Å². The molecule has 1 aromatic carbocycles. The van der Waals surface area contributed by atoms with Gasteiger partial charge in [0, 0.05) is 5.33 Å². The lowest BCUT2D eigenvalue weighted by atomic mass is 10.2. The van der Waals surface area contributed by atoms with E-state index in [9.17, 15) is 0 Å². The van der Waals surface area contributed by atoms with E-state index in [-0.39, 0.29) is 0 Å². The Labute approximate surface area is 99.0 Å². The quantitative estimate of drug-likeness (QED) is 0.763. The normalized spacial score (nSPS) is 10.6. The van der Waals surface area contributed by atoms with Gasteiger partial charge in [-0.05, 0) is 24.1 Å². The van der Waals surface area contributed by atoms with Gasteiger partial charge in [0.2, 0.25) is 0 Å². The monoisotopic (exact) mass is 270 g/mol. The van der Waals surface area contributed by atoms with Gasteiger partial charge in [0.15, 0.2) is 11.5 Å². The van der Waals surface area contributed by atoms with E-state index in [1.165, 1.54) is 0 Å². The number of benzene rings is 1. The highest BCUT2D eigenvalue weighted by atomic mass is 79.9. The molecule has 1 aromatic rings. The molecule has 0 heterocycles. The summed E-state index contributed by atoms with van der Waals surface area (Å²) in [5, 5.41) is 0.983. The zero-order chi connectivity index (χ0) is 11.1. The van der Waals surface area contributed by atoms with Gasteiger partial charge in [0.1, 0.15) is 0 Å². The molecule has 0 aliphatic rings. The predicted octanol–water partition coefficient (Wildman–Crippen LogP) is 3.50. The van der Waals surface area contributed by atoms with Crippen LogP contribution in [0.3, 0.4) is 0 Å². The number of rotatable bonds is 5. The fourth-order valence-corrected chi connectivity index (χ4v) is 1.50. The van der Waals surface area contributed by atoms with E-state index in [4.69, 9.17) is 9.47 Å². The molecule has 82 valence electrons. The van der Waals surface area contributed by atoms with Gasteiger partial charge in [-0.3, -0.25) is 0 Å². The van der Waals surface area contributed by atoms with Crippen LogP contribution in [0.2, 0.25) is 0 Å². The van der Waals surface area contributed by atoms with Crippen LogP contribution in [0.4, 0.5) is 0 Å². The summed E-state index contributed by atoms with van der Waals surface area (Å²) in [7, 11) is 3.28. The van der Waals surface area contributed by atoms with E-state index < -0.39 is 0 Å². The number of halogens is 1. The van der Waals surface area contributed by atoms with Gasteiger partial charge >= 0.3 is 0 Å². The van der Waals surface area contributed by atoms with Crippen molar-refractivity contribution >= 4 is 22.0 Å². The summed E-state index contributed by atoms with van der Waals surface area (Å²) in [6.45, 7) is 0. The van der Waals surface area contributed by atoms with Crippen LogP contribution in [-0.2, 0) is 0 Å². The lowest BCUT2D eigenvalue weighted by Gasteiger charge is -2.07. The average molecular weight is 271 g/mol. The molecule has 0 saturated heterocycles. The minimum absolute atomic E-state index is 0.759. The molecule has 0 fully saturated rings. The third-order valence-electron chi connectivity index (χ3n) is 1.99. The lowest BCUT2D eigenvalue weighted by molar-refractivity contribution is 0.355. The van der Waals surface area contributed by atoms with Crippen molar-refractivity contribution in [1.29, 1.82) is 0 Å². The van der Waals surface area contributed by atoms with Crippen molar-refractivity contribution in [3.05, 3.63) is 29.8 Å². The zero-order valence-electron chi connectivity index (χ0n) is 9.00. The topological polar surface area (TPSA) is 18.5 Å². The molecule has 0 aromatic heterocycles. The van der Waals surface area contributed by atoms with Crippen LogP contribution >= 0.6 is 15.9 Å². The Kier molecular flexibility index (Phi) is 5.26. The molecular weight excluding hydrogens is 256 g/mol. The van der Waals surface area contributed by atoms with Gasteiger partial charge in [0.25, 0.3) is 0 Å². The lowest BCUT2D eigenvalue weighted by Crippen LogP contribution is -1.90. The minimum atomic E-state index is 0.759. The Morgan fingerprint density at radius 1 is 1.20 bits per heavy atom. The van der Waals surface area contributed by atoms with Gasteiger partial charge in [-0.15, -0.1) is 0 Å². The van der Waals surface area contributed by atoms with Crippen LogP contribution in [-0.4, -0.2) is 19.5 Å². The Morgan fingerprint density at radius 2 is 1.93 bits per heavy atom. The molecule has 3 heteroatoms. The molecule has 0 N–H and O–H groups in total. The summed E-state index contributed by atoms with van der Waals surface area (Å²) in [4.78, 5) is 0. The van der Waals surface area contributed by atoms with Gasteiger partial charge in [-0.1, -0.05) is 34.1 Å². The van der Waals surface area contributed by atoms with Gasteiger partial charge in [-0.2, -0.15) is 0 Å². The summed E-state index contributed by atoms with van der Waals surface area (Å²) in [5.41, 5.74) is 1.12. The molecule has 15 heavy (non-hydrogen) atoms. The number of methoxy groups -OCH3 is 2. The second kappa shape index (κ2) is 6.51. The first-order chi connectivity index (χ1) is 7.31. The molecule has 0 atom stereocenters. The third kappa shape index (κ3) is 3.59. The number of hydrogen-bond acceptors (Lipinski definition) is 2. The Balaban J connectivity index is 2.83. The van der Waals surface area contributed by atoms with Crippen molar-refractivity contribution < 1.29 is 9.47 Å². The van der Waals surface area contributed by atoms with E-state index in [0.717, 1.165) is 28.8 Å². The third-order valence-corrected chi connectivity index (χ3v) is 2.45. The summed E-state index contributed by atoms with van der Waals surface area (Å²) < 4.78 is 10.4. The van der Waals surface area contributed by atoms with E-state index >= 15 is 0 Å². The molecule has 0 radical (unpaired) electrons. The second-order valence-corrected chi connectivity index (χ2v) is 3.79. The molecule has 0 saturated carbocycles. The zero-order valence-corrected chi connectivity index (χ0v) is 10.6. The molecular formula is C12H15BrO2. The molecule has 0 spiro atoms. The highest BCUT2D eigenvalue weighted by molar-refractivity contribution is 9.09. The summed E-state index contributed by atoms with van der Waals surface area (Å²) >= 11 is 3.38. The maximum Gasteiger partial charge on any atom is 0.161 e. The summed E-state index contributed by atoms with van der Waals surface area (Å²) in [5.74, 6) is 1.52. The Hall–Kier alpha value is -0.960. The molecule has 0 aliphatic carbocycles. The van der Waals surface area contributed by atoms with Crippen LogP contribution in [0.25, 0.3) is 6.08 Å². The van der Waals surface area contributed by atoms with E-state index in [1.807, 2.05) is 18.2 Å². The summed E-state index contributed by atoms with van der Waals surface area (Å²) in [6, 6.07) is 5.88. The first-order valence-electron chi connectivity index (χ1n) is 4.76. The van der Waals surface area contributed by atoms with Crippen molar-refractivity contribution in [2.75, 3.05) is 19.5 Å². The van der Waals surface area contributed by atoms with E-state index in [2.05, 4.69) is 28.1 Å². The largest absolute Gasteiger partial charge is 0.493 e. The SMILES string of the molecule is COc1ccc(/C=C/CCBr)cc1OC. The first kappa shape index (κ1) is 12.1. The van der Waals surface area contributed by atoms with Gasteiger partial charge in [-0.25, -0.2) is 0 Å². The van der Waals surface area contributed by atoms with Gasteiger partial charge < -0.3 is 9.47 Å². The average Bonchev–Trinajstić information content (AvgIpc) is 2.29. The summed E-state index contributed by atoms with van der Waals surface area (Å²) in [6.07, 6.45) is 5.22. The Bertz CT molecular complexity index is 334. The minimum Gasteiger partial charge on any atom is -0.493 e. The van der Waals surface area contributed by atoms with Crippen molar-refractivity contribution in [3.8, 4) is 11.5 Å². The highest BCUT2D eigenvalue weighted by Crippen LogP contribution is 2.27. The number of ether oxygens (including phenoxy) is 2. The van der Waals surface area contributed by atoms with Crippen molar-refractivity contribution in [3.63, 3.8) is 0 Å². The van der Waals surface area contributed by atoms with Gasteiger partial charge in [0.05, 0.1) is 14.2 Å². The smallest absolute Gasteiger partial charge is 0.161 e. The standard InChI is InChI=1S/C12H15BrO2/c1-14-11-7-6-10(5-3-4-8-13)9-12(11)15-2/h3,5-7,9H,4,8H2,1-2H3/b5-3+. The van der Waals surface area contributed by atoms with Crippen LogP contribution in [0.15, 0.2) is 24.3 Å². The molecule has 2 nitrogen and oxygen atoms in total. The second-order valence-electron chi connectivity index (χ2n) is 2.99. The Morgan fingerprint density at radius 3 is 2.53 bits per heavy atom. The fraction of sp³-hybridized carbons (Fsp3) is 0.333. The molecule has 0 bridgehead atoms. The van der Waals surface area contributed by atoms with Crippen LogP contribution in [0, 0.1) is 0 Å². The number of alkyl halides is 1. The molecule has 0 aliphatic heterocycles. The maximum absolute atomic E-state index is 5.22. The van der Waals surface area contributed by atoms with Crippen LogP contribution in [0.5, 0.6) is 11.5 Å². The van der Waals surface area contributed by atoms with Crippen LogP contribution in [0.1, 0.15) is 12.0 Å². The number of hydrogen-bond donors (Lipinski definition) is 0. The molecule has 1 rings (SSSR count). The fourth-order valence-electron chi connectivity index (χ4n) is 1.24. The van der Waals surface area contributed by atoms with E-state index in [1.54, 1.807) is 14.2 Å². The first-order valence-corrected chi connectivity index (χ1v) is 5.88. The highest BCUT2D eigenvalue weighted by Gasteiger charge is 2.01. The van der Waals surface area contributed by atoms with E-state index in [0.29, 0.717) is 0 Å². The van der Waals surface area contributed by atoms with Crippen molar-refractivity contribution in [2.24, 2.45) is 0 Å².